The maximum Gasteiger partial charge on any atom is 0.336 e. The maximum absolute atomic E-state index is 10.9. The van der Waals surface area contributed by atoms with Gasteiger partial charge in [0.05, 0.1) is 0 Å². The molecule has 0 aliphatic rings. The molecule has 0 amide bonds. The molecule has 1 rings (SSSR count). The minimum absolute atomic E-state index is 0.359. The molecule has 2 nitrogen and oxygen atoms in total. The molecule has 0 unspecified atom stereocenters. The molecule has 0 N–H and O–H groups in total. The first-order valence-electron chi connectivity index (χ1n) is 5.92. The zero-order valence-corrected chi connectivity index (χ0v) is 10.1. The van der Waals surface area contributed by atoms with Gasteiger partial charge in [-0.2, -0.15) is 0 Å². The van der Waals surface area contributed by atoms with Crippen LogP contribution in [0.2, 0.25) is 0 Å². The van der Waals surface area contributed by atoms with Gasteiger partial charge in [0.15, 0.2) is 5.76 Å². The monoisotopic (exact) mass is 228 g/mol. The van der Waals surface area contributed by atoms with Crippen molar-refractivity contribution >= 4 is 0 Å². The largest absolute Gasteiger partial charge is 0.414 e. The molecule has 88 valence electrons. The van der Waals surface area contributed by atoms with E-state index in [9.17, 15) is 4.79 Å². The van der Waals surface area contributed by atoms with Crippen LogP contribution in [0.3, 0.4) is 0 Å². The van der Waals surface area contributed by atoms with Gasteiger partial charge in [-0.25, -0.2) is 4.79 Å². The highest BCUT2D eigenvalue weighted by Gasteiger charge is 1.87. The molecule has 0 radical (unpaired) electrons. The van der Waals surface area contributed by atoms with E-state index in [2.05, 4.69) is 30.6 Å². The summed E-state index contributed by atoms with van der Waals surface area (Å²) in [6, 6.07) is 4.62. The molecule has 17 heavy (non-hydrogen) atoms. The van der Waals surface area contributed by atoms with Crippen LogP contribution < -0.4 is 5.63 Å². The van der Waals surface area contributed by atoms with Gasteiger partial charge in [-0.1, -0.05) is 38.2 Å². The lowest BCUT2D eigenvalue weighted by atomic mass is 10.2. The van der Waals surface area contributed by atoms with E-state index in [4.69, 9.17) is 4.42 Å². The third-order valence-electron chi connectivity index (χ3n) is 2.18. The Morgan fingerprint density at radius 1 is 1.18 bits per heavy atom. The summed E-state index contributed by atoms with van der Waals surface area (Å²) in [6.45, 7) is 2.19. The highest BCUT2D eigenvalue weighted by Crippen LogP contribution is 2.00. The van der Waals surface area contributed by atoms with Crippen LogP contribution in [0.1, 0.15) is 44.8 Å². The first-order valence-corrected chi connectivity index (χ1v) is 5.92. The SMILES string of the molecule is CCCCCCC#CC#Cc1cccc(=O)o1. The van der Waals surface area contributed by atoms with Crippen LogP contribution in [-0.2, 0) is 0 Å². The summed E-state index contributed by atoms with van der Waals surface area (Å²) < 4.78 is 4.84. The van der Waals surface area contributed by atoms with E-state index in [0.29, 0.717) is 5.76 Å². The second-order valence-corrected chi connectivity index (χ2v) is 3.67. The molecular formula is C15H16O2. The van der Waals surface area contributed by atoms with Crippen LogP contribution in [0.5, 0.6) is 0 Å². The van der Waals surface area contributed by atoms with E-state index < -0.39 is 0 Å². The highest BCUT2D eigenvalue weighted by atomic mass is 16.4. The van der Waals surface area contributed by atoms with Crippen molar-refractivity contribution in [3.8, 4) is 23.7 Å². The minimum atomic E-state index is -0.385. The van der Waals surface area contributed by atoms with Crippen molar-refractivity contribution in [3.63, 3.8) is 0 Å². The Hall–Kier alpha value is -1.93. The minimum Gasteiger partial charge on any atom is -0.414 e. The average molecular weight is 228 g/mol. The van der Waals surface area contributed by atoms with Crippen LogP contribution in [-0.4, -0.2) is 0 Å². The predicted molar refractivity (Wildman–Crippen MR) is 68.4 cm³/mol. The van der Waals surface area contributed by atoms with Crippen molar-refractivity contribution < 1.29 is 4.42 Å². The van der Waals surface area contributed by atoms with Gasteiger partial charge in [0.1, 0.15) is 0 Å². The Balaban J connectivity index is 2.36. The van der Waals surface area contributed by atoms with Gasteiger partial charge in [0, 0.05) is 12.5 Å². The fourth-order valence-electron chi connectivity index (χ4n) is 1.30. The zero-order chi connectivity index (χ0) is 12.3. The Morgan fingerprint density at radius 2 is 2.06 bits per heavy atom. The van der Waals surface area contributed by atoms with Crippen LogP contribution in [0.15, 0.2) is 27.4 Å². The molecule has 0 aromatic carbocycles. The van der Waals surface area contributed by atoms with Crippen molar-refractivity contribution in [2.45, 2.75) is 39.0 Å². The summed E-state index contributed by atoms with van der Waals surface area (Å²) in [4.78, 5) is 10.9. The number of unbranched alkanes of at least 4 members (excludes halogenated alkanes) is 4. The van der Waals surface area contributed by atoms with Crippen molar-refractivity contribution in [2.75, 3.05) is 0 Å². The van der Waals surface area contributed by atoms with Gasteiger partial charge in [0.25, 0.3) is 0 Å². The Kier molecular flexibility index (Phi) is 6.37. The molecule has 0 atom stereocenters. The standard InChI is InChI=1S/C15H16O2/c1-2-3-4-5-6-7-8-9-11-14-12-10-13-15(16)17-14/h10,12-13H,2-6H2,1H3. The number of rotatable bonds is 4. The molecule has 0 aliphatic heterocycles. The van der Waals surface area contributed by atoms with Crippen LogP contribution in [0.4, 0.5) is 0 Å². The van der Waals surface area contributed by atoms with Crippen LogP contribution in [0.25, 0.3) is 0 Å². The Morgan fingerprint density at radius 3 is 2.82 bits per heavy atom. The molecular weight excluding hydrogens is 212 g/mol. The molecule has 0 spiro atoms. The fraction of sp³-hybridized carbons (Fsp3) is 0.400. The van der Waals surface area contributed by atoms with Crippen molar-refractivity contribution in [2.24, 2.45) is 0 Å². The van der Waals surface area contributed by atoms with Gasteiger partial charge < -0.3 is 4.42 Å². The van der Waals surface area contributed by atoms with E-state index >= 15 is 0 Å². The lowest BCUT2D eigenvalue weighted by molar-refractivity contribution is 0.499. The lowest BCUT2D eigenvalue weighted by Gasteiger charge is -1.90. The third-order valence-corrected chi connectivity index (χ3v) is 2.18. The highest BCUT2D eigenvalue weighted by molar-refractivity contribution is 5.34. The van der Waals surface area contributed by atoms with Crippen molar-refractivity contribution in [1.82, 2.24) is 0 Å². The van der Waals surface area contributed by atoms with Gasteiger partial charge in [0.2, 0.25) is 0 Å². The van der Waals surface area contributed by atoms with E-state index in [-0.39, 0.29) is 5.63 Å². The smallest absolute Gasteiger partial charge is 0.336 e. The lowest BCUT2D eigenvalue weighted by Crippen LogP contribution is -1.94. The number of hydrogen-bond acceptors (Lipinski definition) is 2. The number of hydrogen-bond donors (Lipinski definition) is 0. The van der Waals surface area contributed by atoms with Gasteiger partial charge in [-0.3, -0.25) is 0 Å². The van der Waals surface area contributed by atoms with Crippen molar-refractivity contribution in [1.29, 1.82) is 0 Å². The molecule has 0 saturated heterocycles. The van der Waals surface area contributed by atoms with Gasteiger partial charge in [-0.15, -0.1) is 0 Å². The summed E-state index contributed by atoms with van der Waals surface area (Å²) in [6.07, 6.45) is 5.74. The molecule has 0 aliphatic carbocycles. The molecule has 1 heterocycles. The third kappa shape index (κ3) is 6.28. The van der Waals surface area contributed by atoms with Crippen molar-refractivity contribution in [3.05, 3.63) is 34.4 Å². The summed E-state index contributed by atoms with van der Waals surface area (Å²) in [5, 5.41) is 0. The summed E-state index contributed by atoms with van der Waals surface area (Å²) >= 11 is 0. The molecule has 0 fully saturated rings. The molecule has 2 heteroatoms. The summed E-state index contributed by atoms with van der Waals surface area (Å²) in [5.74, 6) is 11.5. The zero-order valence-electron chi connectivity index (χ0n) is 10.1. The van der Waals surface area contributed by atoms with E-state index in [1.54, 1.807) is 12.1 Å². The molecule has 0 saturated carbocycles. The van der Waals surface area contributed by atoms with Crippen LogP contribution in [0, 0.1) is 23.7 Å². The Labute approximate surface area is 102 Å². The second-order valence-electron chi connectivity index (χ2n) is 3.67. The first-order chi connectivity index (χ1) is 8.33. The summed E-state index contributed by atoms with van der Waals surface area (Å²) in [5.41, 5.74) is -0.385. The Bertz CT molecular complexity index is 503. The first kappa shape index (κ1) is 13.1. The fourth-order valence-corrected chi connectivity index (χ4v) is 1.30. The van der Waals surface area contributed by atoms with Gasteiger partial charge >= 0.3 is 5.63 Å². The quantitative estimate of drug-likeness (QED) is 0.586. The predicted octanol–water partition coefficient (Wildman–Crippen LogP) is 2.97. The molecule has 1 aromatic heterocycles. The molecule has 0 bridgehead atoms. The average Bonchev–Trinajstić information content (AvgIpc) is 2.33. The topological polar surface area (TPSA) is 30.2 Å². The maximum atomic E-state index is 10.9. The summed E-state index contributed by atoms with van der Waals surface area (Å²) in [7, 11) is 0. The molecule has 1 aromatic rings. The van der Waals surface area contributed by atoms with Crippen LogP contribution >= 0.6 is 0 Å². The van der Waals surface area contributed by atoms with E-state index in [1.807, 2.05) is 0 Å². The van der Waals surface area contributed by atoms with E-state index in [0.717, 1.165) is 12.8 Å². The second kappa shape index (κ2) is 8.25. The van der Waals surface area contributed by atoms with E-state index in [1.165, 1.54) is 25.3 Å². The normalized spacial score (nSPS) is 8.76. The van der Waals surface area contributed by atoms with Gasteiger partial charge in [-0.05, 0) is 30.2 Å².